The van der Waals surface area contributed by atoms with E-state index in [1.165, 1.54) is 90.0 Å². The van der Waals surface area contributed by atoms with Crippen LogP contribution in [0.4, 0.5) is 0 Å². The third-order valence-electron chi connectivity index (χ3n) is 8.18. The Labute approximate surface area is 164 Å². The summed E-state index contributed by atoms with van der Waals surface area (Å²) in [5, 5.41) is 3.97. The molecule has 1 N–H and O–H groups in total. The van der Waals surface area contributed by atoms with Gasteiger partial charge >= 0.3 is 0 Å². The minimum absolute atomic E-state index is 0.433. The molecule has 0 radical (unpaired) electrons. The number of aliphatic imine (C=N–C) groups is 1. The van der Waals surface area contributed by atoms with Crippen molar-refractivity contribution in [2.24, 2.45) is 22.2 Å². The number of nitrogens with one attached hydrogen (secondary N) is 1. The molecule has 5 aliphatic rings. The quantitative estimate of drug-likeness (QED) is 0.607. The predicted octanol–water partition coefficient (Wildman–Crippen LogP) is 2.72. The molecule has 4 unspecified atom stereocenters. The highest BCUT2D eigenvalue weighted by atomic mass is 16.5. The zero-order chi connectivity index (χ0) is 18.3. The summed E-state index contributed by atoms with van der Waals surface area (Å²) in [4.78, 5) is 10.2. The third-order valence-corrected chi connectivity index (χ3v) is 8.18. The highest BCUT2D eigenvalue weighted by molar-refractivity contribution is 5.81. The zero-order valence-electron chi connectivity index (χ0n) is 17.2. The molecule has 3 aliphatic heterocycles. The van der Waals surface area contributed by atoms with E-state index in [-0.39, 0.29) is 0 Å². The molecule has 0 aromatic heterocycles. The van der Waals surface area contributed by atoms with E-state index in [0.717, 1.165) is 25.0 Å². The van der Waals surface area contributed by atoms with Gasteiger partial charge in [-0.1, -0.05) is 12.8 Å². The van der Waals surface area contributed by atoms with E-state index in [4.69, 9.17) is 9.73 Å². The summed E-state index contributed by atoms with van der Waals surface area (Å²) in [5.41, 5.74) is 0.433. The number of likely N-dealkylation sites (tertiary alicyclic amines) is 2. The molecule has 0 amide bonds. The molecule has 152 valence electrons. The first-order chi connectivity index (χ1) is 13.3. The normalized spacial score (nSPS) is 38.6. The van der Waals surface area contributed by atoms with Gasteiger partial charge in [-0.05, 0) is 64.5 Å². The number of hydrogen-bond acceptors (Lipinski definition) is 3. The van der Waals surface area contributed by atoms with Gasteiger partial charge in [-0.25, -0.2) is 0 Å². The molecular weight excluding hydrogens is 336 g/mol. The van der Waals surface area contributed by atoms with Crippen molar-refractivity contribution in [3.63, 3.8) is 0 Å². The van der Waals surface area contributed by atoms with Crippen LogP contribution in [0.2, 0.25) is 0 Å². The van der Waals surface area contributed by atoms with Gasteiger partial charge in [-0.2, -0.15) is 0 Å². The molecule has 5 heteroatoms. The first kappa shape index (κ1) is 18.2. The molecule has 0 bridgehead atoms. The second-order valence-corrected chi connectivity index (χ2v) is 9.71. The van der Waals surface area contributed by atoms with Crippen LogP contribution >= 0.6 is 0 Å². The van der Waals surface area contributed by atoms with E-state index in [1.807, 2.05) is 0 Å². The molecule has 0 aromatic carbocycles. The Bertz CT molecular complexity index is 555. The Hall–Kier alpha value is -0.810. The lowest BCUT2D eigenvalue weighted by Gasteiger charge is -2.63. The van der Waals surface area contributed by atoms with E-state index in [1.54, 1.807) is 0 Å². The molecule has 4 atom stereocenters. The molecule has 5 fully saturated rings. The Morgan fingerprint density at radius 3 is 2.70 bits per heavy atom. The number of rotatable bonds is 4. The third kappa shape index (κ3) is 3.19. The molecule has 1 spiro atoms. The van der Waals surface area contributed by atoms with E-state index in [9.17, 15) is 0 Å². The monoisotopic (exact) mass is 374 g/mol. The topological polar surface area (TPSA) is 40.1 Å². The summed E-state index contributed by atoms with van der Waals surface area (Å²) >= 11 is 0. The fraction of sp³-hybridized carbons (Fsp3) is 0.955. The lowest BCUT2D eigenvalue weighted by Crippen LogP contribution is -2.72. The zero-order valence-corrected chi connectivity index (χ0v) is 17.2. The summed E-state index contributed by atoms with van der Waals surface area (Å²) < 4.78 is 6.11. The van der Waals surface area contributed by atoms with Crippen LogP contribution in [0, 0.1) is 17.3 Å². The van der Waals surface area contributed by atoms with E-state index >= 15 is 0 Å². The maximum atomic E-state index is 6.11. The summed E-state index contributed by atoms with van der Waals surface area (Å²) in [7, 11) is 0. The molecular formula is C22H38N4O. The standard InChI is InChI=1S/C22H38N4O/c1-2-23-21(24-19-18-8-14-27-20(18)22(19)9-6-10-22)26-13-7-17(16-26)15-25-11-4-3-5-12-25/h17-20H,2-16H2,1H3,(H,23,24). The average Bonchev–Trinajstić information content (AvgIpc) is 3.26. The highest BCUT2D eigenvalue weighted by Crippen LogP contribution is 2.62. The molecule has 2 saturated carbocycles. The largest absolute Gasteiger partial charge is 0.377 e. The average molecular weight is 375 g/mol. The van der Waals surface area contributed by atoms with Crippen LogP contribution in [0.3, 0.4) is 0 Å². The summed E-state index contributed by atoms with van der Waals surface area (Å²) in [6, 6.07) is 0.602. The van der Waals surface area contributed by atoms with Crippen molar-refractivity contribution >= 4 is 5.96 Å². The predicted molar refractivity (Wildman–Crippen MR) is 109 cm³/mol. The van der Waals surface area contributed by atoms with Crippen LogP contribution < -0.4 is 5.32 Å². The van der Waals surface area contributed by atoms with Gasteiger partial charge in [0.25, 0.3) is 0 Å². The maximum absolute atomic E-state index is 6.11. The van der Waals surface area contributed by atoms with Crippen LogP contribution in [-0.4, -0.2) is 73.8 Å². The lowest BCUT2D eigenvalue weighted by atomic mass is 9.46. The summed E-state index contributed by atoms with van der Waals surface area (Å²) in [6.45, 7) is 10.3. The molecule has 5 nitrogen and oxygen atoms in total. The van der Waals surface area contributed by atoms with Crippen molar-refractivity contribution in [3.05, 3.63) is 0 Å². The first-order valence-electron chi connectivity index (χ1n) is 11.7. The van der Waals surface area contributed by atoms with Crippen LogP contribution in [0.5, 0.6) is 0 Å². The van der Waals surface area contributed by atoms with Crippen molar-refractivity contribution < 1.29 is 4.74 Å². The Morgan fingerprint density at radius 2 is 1.96 bits per heavy atom. The van der Waals surface area contributed by atoms with Gasteiger partial charge in [-0.15, -0.1) is 0 Å². The van der Waals surface area contributed by atoms with Gasteiger partial charge in [0.15, 0.2) is 5.96 Å². The first-order valence-corrected chi connectivity index (χ1v) is 11.7. The van der Waals surface area contributed by atoms with Crippen LogP contribution in [-0.2, 0) is 4.74 Å². The molecule has 5 rings (SSSR count). The van der Waals surface area contributed by atoms with Gasteiger partial charge in [-0.3, -0.25) is 4.99 Å². The van der Waals surface area contributed by atoms with Crippen LogP contribution in [0.15, 0.2) is 4.99 Å². The van der Waals surface area contributed by atoms with Crippen LogP contribution in [0.1, 0.15) is 58.3 Å². The van der Waals surface area contributed by atoms with Crippen molar-refractivity contribution in [3.8, 4) is 0 Å². The van der Waals surface area contributed by atoms with Gasteiger partial charge in [0.1, 0.15) is 0 Å². The molecule has 27 heavy (non-hydrogen) atoms. The highest BCUT2D eigenvalue weighted by Gasteiger charge is 2.66. The van der Waals surface area contributed by atoms with Gasteiger partial charge in [0, 0.05) is 50.2 Å². The number of ether oxygens (including phenoxy) is 1. The van der Waals surface area contributed by atoms with Crippen molar-refractivity contribution in [2.75, 3.05) is 45.9 Å². The Balaban J connectivity index is 1.21. The number of guanidine groups is 1. The van der Waals surface area contributed by atoms with Gasteiger partial charge in [0.2, 0.25) is 0 Å². The van der Waals surface area contributed by atoms with Gasteiger partial charge < -0.3 is 19.9 Å². The lowest BCUT2D eigenvalue weighted by molar-refractivity contribution is -0.171. The fourth-order valence-corrected chi connectivity index (χ4v) is 6.66. The van der Waals surface area contributed by atoms with Crippen molar-refractivity contribution in [1.82, 2.24) is 15.1 Å². The molecule has 3 saturated heterocycles. The summed E-state index contributed by atoms with van der Waals surface area (Å²) in [5.74, 6) is 2.73. The van der Waals surface area contributed by atoms with Gasteiger partial charge in [0.05, 0.1) is 6.10 Å². The summed E-state index contributed by atoms with van der Waals surface area (Å²) in [6.07, 6.45) is 11.4. The molecule has 0 aromatic rings. The Morgan fingerprint density at radius 1 is 1.11 bits per heavy atom. The molecule has 2 aliphatic carbocycles. The minimum Gasteiger partial charge on any atom is -0.377 e. The number of nitrogens with zero attached hydrogens (tertiary/aromatic N) is 3. The minimum atomic E-state index is 0.433. The number of hydrogen-bond donors (Lipinski definition) is 1. The smallest absolute Gasteiger partial charge is 0.194 e. The van der Waals surface area contributed by atoms with Crippen molar-refractivity contribution in [2.45, 2.75) is 70.4 Å². The molecule has 3 heterocycles. The number of piperidine rings is 1. The van der Waals surface area contributed by atoms with Crippen LogP contribution in [0.25, 0.3) is 0 Å². The maximum Gasteiger partial charge on any atom is 0.194 e. The van der Waals surface area contributed by atoms with Crippen molar-refractivity contribution in [1.29, 1.82) is 0 Å². The van der Waals surface area contributed by atoms with E-state index in [2.05, 4.69) is 22.0 Å². The van der Waals surface area contributed by atoms with E-state index < -0.39 is 0 Å². The fourth-order valence-electron chi connectivity index (χ4n) is 6.66. The Kier molecular flexibility index (Phi) is 5.10. The second-order valence-electron chi connectivity index (χ2n) is 9.71. The number of fused-ring (bicyclic) bond motifs is 2. The SMILES string of the molecule is CCN=C(NC1C2CCOC2C12CCC2)N1CCC(CN2CCCCC2)C1. The second kappa shape index (κ2) is 7.55. The van der Waals surface area contributed by atoms with E-state index in [0.29, 0.717) is 17.6 Å².